The Morgan fingerprint density at radius 2 is 1.81 bits per heavy atom. The Bertz CT molecular complexity index is 806. The lowest BCUT2D eigenvalue weighted by Gasteiger charge is -2.68. The number of aliphatic hydroxyl groups is 2. The summed E-state index contributed by atoms with van der Waals surface area (Å²) in [6, 6.07) is 0. The fraction of sp³-hybridized carbons (Fsp3) is 0.840. The first-order valence-electron chi connectivity index (χ1n) is 11.9. The van der Waals surface area contributed by atoms with E-state index in [9.17, 15) is 24.9 Å². The second-order valence-corrected chi connectivity index (χ2v) is 11.5. The molecule has 6 heteroatoms. The average molecular weight is 435 g/mol. The van der Waals surface area contributed by atoms with Gasteiger partial charge in [0.05, 0.1) is 23.0 Å². The van der Waals surface area contributed by atoms with Crippen molar-refractivity contribution in [3.63, 3.8) is 0 Å². The molecule has 0 aromatic carbocycles. The van der Waals surface area contributed by atoms with Crippen molar-refractivity contribution in [1.82, 2.24) is 0 Å². The third kappa shape index (κ3) is 2.76. The van der Waals surface area contributed by atoms with Crippen LogP contribution in [-0.2, 0) is 14.3 Å². The Morgan fingerprint density at radius 1 is 1.13 bits per heavy atom. The summed E-state index contributed by atoms with van der Waals surface area (Å²) in [7, 11) is 0. The standard InChI is InChI=1S/C25H38O6/c1-14(16(3)26)20(27)31-19-15(2)17-7-12-25(30)23(5)10-6-9-22(4,21(28)29)18(23)8-11-24(19,25)13-17/h14,16-19,26,30H,2,6-13H2,1,3-5H3,(H,28,29). The van der Waals surface area contributed by atoms with Gasteiger partial charge in [-0.3, -0.25) is 9.59 Å². The van der Waals surface area contributed by atoms with Crippen molar-refractivity contribution >= 4 is 11.9 Å². The first-order valence-corrected chi connectivity index (χ1v) is 11.9. The number of carbonyl (C=O) groups is 2. The summed E-state index contributed by atoms with van der Waals surface area (Å²) in [5.74, 6) is -1.82. The predicted molar refractivity (Wildman–Crippen MR) is 115 cm³/mol. The summed E-state index contributed by atoms with van der Waals surface area (Å²) in [4.78, 5) is 25.1. The smallest absolute Gasteiger partial charge is 0.311 e. The minimum atomic E-state index is -1.12. The van der Waals surface area contributed by atoms with Gasteiger partial charge in [-0.05, 0) is 83.1 Å². The highest BCUT2D eigenvalue weighted by atomic mass is 16.5. The molecule has 1 spiro atoms. The summed E-state index contributed by atoms with van der Waals surface area (Å²) in [6.07, 6.45) is 4.19. The largest absolute Gasteiger partial charge is 0.481 e. The van der Waals surface area contributed by atoms with Crippen LogP contribution in [0.2, 0.25) is 0 Å². The van der Waals surface area contributed by atoms with E-state index in [4.69, 9.17) is 4.74 Å². The predicted octanol–water partition coefficient (Wildman–Crippen LogP) is 3.69. The number of aliphatic carboxylic acids is 1. The number of ether oxygens (including phenoxy) is 1. The number of fused-ring (bicyclic) bond motifs is 3. The van der Waals surface area contributed by atoms with Crippen LogP contribution in [-0.4, -0.2) is 45.1 Å². The molecule has 4 aliphatic carbocycles. The molecule has 4 saturated carbocycles. The second kappa shape index (κ2) is 7.05. The molecule has 0 aliphatic heterocycles. The summed E-state index contributed by atoms with van der Waals surface area (Å²) in [5, 5.41) is 32.5. The van der Waals surface area contributed by atoms with Crippen LogP contribution in [0.4, 0.5) is 0 Å². The second-order valence-electron chi connectivity index (χ2n) is 11.5. The molecule has 31 heavy (non-hydrogen) atoms. The van der Waals surface area contributed by atoms with E-state index >= 15 is 0 Å². The zero-order valence-electron chi connectivity index (χ0n) is 19.3. The van der Waals surface area contributed by atoms with Crippen LogP contribution in [0.5, 0.6) is 0 Å². The van der Waals surface area contributed by atoms with Gasteiger partial charge in [-0.2, -0.15) is 0 Å². The van der Waals surface area contributed by atoms with Crippen molar-refractivity contribution in [1.29, 1.82) is 0 Å². The maximum atomic E-state index is 12.8. The molecule has 9 unspecified atom stereocenters. The van der Waals surface area contributed by atoms with Gasteiger partial charge in [0.15, 0.2) is 0 Å². The highest BCUT2D eigenvalue weighted by Gasteiger charge is 2.75. The molecule has 0 aromatic heterocycles. The van der Waals surface area contributed by atoms with Crippen LogP contribution in [0, 0.1) is 34.0 Å². The van der Waals surface area contributed by atoms with Gasteiger partial charge < -0.3 is 20.1 Å². The van der Waals surface area contributed by atoms with Crippen molar-refractivity contribution < 1.29 is 29.6 Å². The minimum absolute atomic E-state index is 0.125. The Labute approximate surface area is 185 Å². The monoisotopic (exact) mass is 434 g/mol. The van der Waals surface area contributed by atoms with Crippen LogP contribution < -0.4 is 0 Å². The lowest BCUT2D eigenvalue weighted by atomic mass is 9.38. The number of carboxylic acid groups (broad SMARTS) is 1. The summed E-state index contributed by atoms with van der Waals surface area (Å²) >= 11 is 0. The minimum Gasteiger partial charge on any atom is -0.481 e. The molecule has 9 atom stereocenters. The van der Waals surface area contributed by atoms with E-state index in [1.54, 1.807) is 13.8 Å². The highest BCUT2D eigenvalue weighted by molar-refractivity contribution is 5.75. The quantitative estimate of drug-likeness (QED) is 0.460. The molecule has 4 fully saturated rings. The first kappa shape index (κ1) is 22.8. The third-order valence-corrected chi connectivity index (χ3v) is 10.2. The number of esters is 1. The molecule has 0 radical (unpaired) electrons. The van der Waals surface area contributed by atoms with Crippen molar-refractivity contribution in [3.8, 4) is 0 Å². The third-order valence-electron chi connectivity index (χ3n) is 10.2. The first-order chi connectivity index (χ1) is 14.3. The number of hydrogen-bond acceptors (Lipinski definition) is 5. The maximum Gasteiger partial charge on any atom is 0.311 e. The Balaban J connectivity index is 1.76. The van der Waals surface area contributed by atoms with Crippen LogP contribution in [0.1, 0.15) is 79.1 Å². The van der Waals surface area contributed by atoms with E-state index in [0.717, 1.165) is 31.3 Å². The molecule has 6 nitrogen and oxygen atoms in total. The number of aliphatic hydroxyl groups excluding tert-OH is 1. The fourth-order valence-corrected chi connectivity index (χ4v) is 8.12. The number of carbonyl (C=O) groups excluding carboxylic acids is 1. The molecule has 0 amide bonds. The Kier molecular flexibility index (Phi) is 5.18. The molecule has 174 valence electrons. The van der Waals surface area contributed by atoms with E-state index in [-0.39, 0.29) is 11.8 Å². The maximum absolute atomic E-state index is 12.8. The van der Waals surface area contributed by atoms with Crippen LogP contribution in [0.25, 0.3) is 0 Å². The summed E-state index contributed by atoms with van der Waals surface area (Å²) in [5.41, 5.74) is -2.30. The van der Waals surface area contributed by atoms with E-state index in [1.165, 1.54) is 0 Å². The Hall–Kier alpha value is -1.40. The van der Waals surface area contributed by atoms with Crippen LogP contribution in [0.3, 0.4) is 0 Å². The van der Waals surface area contributed by atoms with E-state index in [2.05, 4.69) is 13.5 Å². The van der Waals surface area contributed by atoms with Gasteiger partial charge in [-0.15, -0.1) is 0 Å². The zero-order chi connectivity index (χ0) is 23.0. The SMILES string of the molecule is C=C1C2CCC3(O)C4(C)CCCC(C)(C(=O)O)C4CCC3(C2)C1OC(=O)C(C)C(C)O. The lowest BCUT2D eigenvalue weighted by Crippen LogP contribution is -2.71. The van der Waals surface area contributed by atoms with E-state index < -0.39 is 51.9 Å². The summed E-state index contributed by atoms with van der Waals surface area (Å²) < 4.78 is 6.04. The van der Waals surface area contributed by atoms with Crippen molar-refractivity contribution in [2.24, 2.45) is 34.0 Å². The van der Waals surface area contributed by atoms with Gasteiger partial charge in [-0.1, -0.05) is 19.9 Å². The van der Waals surface area contributed by atoms with E-state index in [1.807, 2.05) is 6.92 Å². The number of rotatable bonds is 4. The molecule has 0 saturated heterocycles. The normalized spacial score (nSPS) is 48.3. The average Bonchev–Trinajstić information content (AvgIpc) is 2.92. The van der Waals surface area contributed by atoms with Gasteiger partial charge >= 0.3 is 11.9 Å². The molecule has 4 rings (SSSR count). The van der Waals surface area contributed by atoms with Crippen LogP contribution in [0.15, 0.2) is 12.2 Å². The number of carboxylic acids is 1. The summed E-state index contributed by atoms with van der Waals surface area (Å²) in [6.45, 7) is 11.4. The van der Waals surface area contributed by atoms with E-state index in [0.29, 0.717) is 25.7 Å². The van der Waals surface area contributed by atoms with Crippen molar-refractivity contribution in [2.45, 2.75) is 96.9 Å². The van der Waals surface area contributed by atoms with Gasteiger partial charge in [0, 0.05) is 10.8 Å². The highest BCUT2D eigenvalue weighted by Crippen LogP contribution is 2.74. The van der Waals surface area contributed by atoms with Gasteiger partial charge in [-0.25, -0.2) is 0 Å². The van der Waals surface area contributed by atoms with Gasteiger partial charge in [0.25, 0.3) is 0 Å². The Morgan fingerprint density at radius 3 is 2.42 bits per heavy atom. The molecule has 4 aliphatic rings. The van der Waals surface area contributed by atoms with Crippen LogP contribution >= 0.6 is 0 Å². The molecule has 0 heterocycles. The lowest BCUT2D eigenvalue weighted by molar-refractivity contribution is -0.279. The molecule has 2 bridgehead atoms. The molecular weight excluding hydrogens is 396 g/mol. The molecule has 3 N–H and O–H groups in total. The number of hydrogen-bond donors (Lipinski definition) is 3. The van der Waals surface area contributed by atoms with Gasteiger partial charge in [0.2, 0.25) is 0 Å². The molecule has 0 aromatic rings. The van der Waals surface area contributed by atoms with Gasteiger partial charge in [0.1, 0.15) is 6.10 Å². The topological polar surface area (TPSA) is 104 Å². The molecular formula is C25H38O6. The fourth-order valence-electron chi connectivity index (χ4n) is 8.12. The zero-order valence-corrected chi connectivity index (χ0v) is 19.3. The van der Waals surface area contributed by atoms with Crippen molar-refractivity contribution in [2.75, 3.05) is 0 Å². The van der Waals surface area contributed by atoms with Crippen molar-refractivity contribution in [3.05, 3.63) is 12.2 Å².